The topological polar surface area (TPSA) is 20.2 Å². The standard InChI is InChI=1S/C13H18O/c1-8-5-9(2)12-10(6-8)11(14)7-13(12,3)4/h5-6,11,14H,7H2,1-4H3/t11-/m1/s1. The Morgan fingerprint density at radius 3 is 2.57 bits per heavy atom. The van der Waals surface area contributed by atoms with E-state index in [0.717, 1.165) is 12.0 Å². The molecule has 1 atom stereocenters. The summed E-state index contributed by atoms with van der Waals surface area (Å²) in [6.45, 7) is 8.66. The monoisotopic (exact) mass is 190 g/mol. The Balaban J connectivity index is 2.69. The van der Waals surface area contributed by atoms with E-state index in [1.165, 1.54) is 16.7 Å². The van der Waals surface area contributed by atoms with Crippen molar-refractivity contribution in [3.8, 4) is 0 Å². The molecule has 0 saturated carbocycles. The second-order valence-corrected chi connectivity index (χ2v) is 5.15. The minimum Gasteiger partial charge on any atom is -0.388 e. The minimum absolute atomic E-state index is 0.131. The van der Waals surface area contributed by atoms with Crippen molar-refractivity contribution in [2.45, 2.75) is 45.6 Å². The van der Waals surface area contributed by atoms with Gasteiger partial charge in [-0.2, -0.15) is 0 Å². The first-order chi connectivity index (χ1) is 6.42. The summed E-state index contributed by atoms with van der Waals surface area (Å²) in [5, 5.41) is 9.97. The molecule has 0 bridgehead atoms. The summed E-state index contributed by atoms with van der Waals surface area (Å²) in [5.41, 5.74) is 5.20. The summed E-state index contributed by atoms with van der Waals surface area (Å²) < 4.78 is 0. The zero-order valence-electron chi connectivity index (χ0n) is 9.39. The van der Waals surface area contributed by atoms with Crippen LogP contribution in [0.1, 0.15) is 48.6 Å². The molecule has 0 heterocycles. The molecule has 0 aliphatic heterocycles. The lowest BCUT2D eigenvalue weighted by atomic mass is 9.83. The van der Waals surface area contributed by atoms with Gasteiger partial charge in [0.1, 0.15) is 0 Å². The van der Waals surface area contributed by atoms with Crippen LogP contribution in [0, 0.1) is 13.8 Å². The fourth-order valence-electron chi connectivity index (χ4n) is 2.88. The van der Waals surface area contributed by atoms with Crippen LogP contribution in [-0.4, -0.2) is 5.11 Å². The third-order valence-electron chi connectivity index (χ3n) is 3.25. The summed E-state index contributed by atoms with van der Waals surface area (Å²) in [6, 6.07) is 4.33. The fourth-order valence-corrected chi connectivity index (χ4v) is 2.88. The summed E-state index contributed by atoms with van der Waals surface area (Å²) in [4.78, 5) is 0. The van der Waals surface area contributed by atoms with Gasteiger partial charge in [-0.3, -0.25) is 0 Å². The highest BCUT2D eigenvalue weighted by Gasteiger charge is 2.36. The van der Waals surface area contributed by atoms with Crippen LogP contribution >= 0.6 is 0 Å². The van der Waals surface area contributed by atoms with E-state index in [0.29, 0.717) is 0 Å². The Morgan fingerprint density at radius 2 is 1.93 bits per heavy atom. The van der Waals surface area contributed by atoms with E-state index < -0.39 is 0 Å². The maximum atomic E-state index is 9.97. The first kappa shape index (κ1) is 9.72. The molecular formula is C13H18O. The van der Waals surface area contributed by atoms with E-state index in [-0.39, 0.29) is 11.5 Å². The average Bonchev–Trinajstić information content (AvgIpc) is 2.21. The number of hydrogen-bond donors (Lipinski definition) is 1. The second-order valence-electron chi connectivity index (χ2n) is 5.15. The van der Waals surface area contributed by atoms with E-state index in [2.05, 4.69) is 39.8 Å². The highest BCUT2D eigenvalue weighted by molar-refractivity contribution is 5.47. The van der Waals surface area contributed by atoms with Gasteiger partial charge in [0.25, 0.3) is 0 Å². The van der Waals surface area contributed by atoms with Crippen LogP contribution in [0.2, 0.25) is 0 Å². The summed E-state index contributed by atoms with van der Waals surface area (Å²) in [6.07, 6.45) is 0.589. The van der Waals surface area contributed by atoms with E-state index >= 15 is 0 Å². The van der Waals surface area contributed by atoms with Gasteiger partial charge in [0.05, 0.1) is 6.10 Å². The van der Waals surface area contributed by atoms with Crippen molar-refractivity contribution >= 4 is 0 Å². The molecule has 1 aromatic carbocycles. The highest BCUT2D eigenvalue weighted by atomic mass is 16.3. The third-order valence-corrected chi connectivity index (χ3v) is 3.25. The lowest BCUT2D eigenvalue weighted by molar-refractivity contribution is 0.161. The predicted molar refractivity (Wildman–Crippen MR) is 58.5 cm³/mol. The summed E-state index contributed by atoms with van der Waals surface area (Å²) >= 11 is 0. The Kier molecular flexibility index (Phi) is 1.97. The Bertz CT molecular complexity index is 377. The quantitative estimate of drug-likeness (QED) is 0.666. The molecule has 0 unspecified atom stereocenters. The maximum absolute atomic E-state index is 9.97. The molecular weight excluding hydrogens is 172 g/mol. The van der Waals surface area contributed by atoms with Gasteiger partial charge < -0.3 is 5.11 Å². The number of aliphatic hydroxyl groups is 1. The van der Waals surface area contributed by atoms with Crippen molar-refractivity contribution in [3.63, 3.8) is 0 Å². The van der Waals surface area contributed by atoms with Gasteiger partial charge in [-0.15, -0.1) is 0 Å². The predicted octanol–water partition coefficient (Wildman–Crippen LogP) is 3.02. The molecule has 0 fully saturated rings. The number of aryl methyl sites for hydroxylation is 2. The second kappa shape index (κ2) is 2.83. The SMILES string of the molecule is Cc1cc(C)c2c(c1)[C@H](O)CC2(C)C. The van der Waals surface area contributed by atoms with Gasteiger partial charge in [-0.1, -0.05) is 31.5 Å². The normalized spacial score (nSPS) is 23.6. The Hall–Kier alpha value is -0.820. The van der Waals surface area contributed by atoms with Gasteiger partial charge in [0.15, 0.2) is 0 Å². The van der Waals surface area contributed by atoms with Crippen LogP contribution in [0.4, 0.5) is 0 Å². The van der Waals surface area contributed by atoms with Crippen molar-refractivity contribution < 1.29 is 5.11 Å². The molecule has 0 spiro atoms. The van der Waals surface area contributed by atoms with Crippen molar-refractivity contribution in [2.75, 3.05) is 0 Å². The number of fused-ring (bicyclic) bond motifs is 1. The smallest absolute Gasteiger partial charge is 0.0801 e. The van der Waals surface area contributed by atoms with E-state index in [1.54, 1.807) is 0 Å². The highest BCUT2D eigenvalue weighted by Crippen LogP contribution is 2.46. The van der Waals surface area contributed by atoms with Gasteiger partial charge in [-0.25, -0.2) is 0 Å². The maximum Gasteiger partial charge on any atom is 0.0801 e. The van der Waals surface area contributed by atoms with Gasteiger partial charge in [0, 0.05) is 0 Å². The molecule has 0 aromatic heterocycles. The third kappa shape index (κ3) is 1.27. The Labute approximate surface area is 85.8 Å². The fraction of sp³-hybridized carbons (Fsp3) is 0.538. The molecule has 14 heavy (non-hydrogen) atoms. The first-order valence-electron chi connectivity index (χ1n) is 5.21. The van der Waals surface area contributed by atoms with Crippen LogP contribution in [0.3, 0.4) is 0 Å². The van der Waals surface area contributed by atoms with Crippen LogP contribution in [0.15, 0.2) is 12.1 Å². The van der Waals surface area contributed by atoms with Crippen LogP contribution in [-0.2, 0) is 5.41 Å². The number of rotatable bonds is 0. The molecule has 1 N–H and O–H groups in total. The van der Waals surface area contributed by atoms with Crippen LogP contribution in [0.5, 0.6) is 0 Å². The van der Waals surface area contributed by atoms with Crippen molar-refractivity contribution in [1.82, 2.24) is 0 Å². The largest absolute Gasteiger partial charge is 0.388 e. The molecule has 2 rings (SSSR count). The molecule has 1 aromatic rings. The molecule has 1 nitrogen and oxygen atoms in total. The molecule has 76 valence electrons. The molecule has 1 aliphatic rings. The zero-order valence-corrected chi connectivity index (χ0v) is 9.39. The van der Waals surface area contributed by atoms with Crippen LogP contribution < -0.4 is 0 Å². The van der Waals surface area contributed by atoms with Gasteiger partial charge >= 0.3 is 0 Å². The van der Waals surface area contributed by atoms with Gasteiger partial charge in [0.2, 0.25) is 0 Å². The zero-order chi connectivity index (χ0) is 10.5. The first-order valence-corrected chi connectivity index (χ1v) is 5.21. The van der Waals surface area contributed by atoms with Crippen molar-refractivity contribution in [2.24, 2.45) is 0 Å². The lowest BCUT2D eigenvalue weighted by Crippen LogP contribution is -2.13. The number of aliphatic hydroxyl groups excluding tert-OH is 1. The minimum atomic E-state index is -0.265. The van der Waals surface area contributed by atoms with E-state index in [1.807, 2.05) is 0 Å². The van der Waals surface area contributed by atoms with Crippen molar-refractivity contribution in [1.29, 1.82) is 0 Å². The molecule has 1 aliphatic carbocycles. The van der Waals surface area contributed by atoms with Crippen molar-refractivity contribution in [3.05, 3.63) is 34.4 Å². The average molecular weight is 190 g/mol. The summed E-state index contributed by atoms with van der Waals surface area (Å²) in [7, 11) is 0. The van der Waals surface area contributed by atoms with Crippen LogP contribution in [0.25, 0.3) is 0 Å². The van der Waals surface area contributed by atoms with E-state index in [9.17, 15) is 5.11 Å². The number of hydrogen-bond acceptors (Lipinski definition) is 1. The molecule has 0 radical (unpaired) electrons. The van der Waals surface area contributed by atoms with Gasteiger partial charge in [-0.05, 0) is 42.4 Å². The lowest BCUT2D eigenvalue weighted by Gasteiger charge is -2.21. The molecule has 1 heteroatoms. The molecule has 0 saturated heterocycles. The number of benzene rings is 1. The molecule has 0 amide bonds. The Morgan fingerprint density at radius 1 is 1.29 bits per heavy atom. The summed E-state index contributed by atoms with van der Waals surface area (Å²) in [5.74, 6) is 0. The van der Waals surface area contributed by atoms with E-state index in [4.69, 9.17) is 0 Å².